The Morgan fingerprint density at radius 3 is 2.42 bits per heavy atom. The first-order valence-corrected chi connectivity index (χ1v) is 3.35. The van der Waals surface area contributed by atoms with Gasteiger partial charge in [0, 0.05) is 0 Å². The van der Waals surface area contributed by atoms with Gasteiger partial charge in [0.2, 0.25) is 0 Å². The van der Waals surface area contributed by atoms with Gasteiger partial charge >= 0.3 is 6.16 Å². The minimum atomic E-state index is -1.30. The zero-order valence-electron chi connectivity index (χ0n) is 6.36. The van der Waals surface area contributed by atoms with Crippen molar-refractivity contribution in [3.63, 3.8) is 0 Å². The first-order valence-electron chi connectivity index (χ1n) is 3.35. The van der Waals surface area contributed by atoms with E-state index >= 15 is 0 Å². The van der Waals surface area contributed by atoms with Crippen molar-refractivity contribution in [2.24, 2.45) is 0 Å². The lowest BCUT2D eigenvalue weighted by Gasteiger charge is -1.98. The van der Waals surface area contributed by atoms with Crippen LogP contribution in [0.4, 0.5) is 4.79 Å². The molecule has 0 atom stereocenters. The summed E-state index contributed by atoms with van der Waals surface area (Å²) in [7, 11) is 0. The van der Waals surface area contributed by atoms with Crippen LogP contribution in [0.25, 0.3) is 6.08 Å². The average molecular weight is 164 g/mol. The van der Waals surface area contributed by atoms with Crippen LogP contribution in [-0.2, 0) is 0 Å². The van der Waals surface area contributed by atoms with Gasteiger partial charge in [0.1, 0.15) is 5.75 Å². The van der Waals surface area contributed by atoms with Crippen LogP contribution in [-0.4, -0.2) is 11.3 Å². The quantitative estimate of drug-likeness (QED) is 0.539. The monoisotopic (exact) mass is 164 g/mol. The van der Waals surface area contributed by atoms with Crippen molar-refractivity contribution >= 4 is 12.2 Å². The molecule has 3 heteroatoms. The van der Waals surface area contributed by atoms with Gasteiger partial charge in [-0.1, -0.05) is 24.8 Å². The summed E-state index contributed by atoms with van der Waals surface area (Å²) in [6.07, 6.45) is 0.367. The highest BCUT2D eigenvalue weighted by molar-refractivity contribution is 5.61. The molecule has 0 saturated heterocycles. The summed E-state index contributed by atoms with van der Waals surface area (Å²) in [5.41, 5.74) is 0.924. The second-order valence-electron chi connectivity index (χ2n) is 2.14. The van der Waals surface area contributed by atoms with Crippen molar-refractivity contribution in [3.05, 3.63) is 36.4 Å². The Kier molecular flexibility index (Phi) is 2.48. The lowest BCUT2D eigenvalue weighted by Crippen LogP contribution is -2.02. The number of rotatable bonds is 2. The molecule has 62 valence electrons. The predicted octanol–water partition coefficient (Wildman–Crippen LogP) is 2.39. The summed E-state index contributed by atoms with van der Waals surface area (Å²) in [4.78, 5) is 10.1. The fraction of sp³-hybridized carbons (Fsp3) is 0. The first kappa shape index (κ1) is 8.33. The van der Waals surface area contributed by atoms with Crippen LogP contribution in [0.3, 0.4) is 0 Å². The van der Waals surface area contributed by atoms with Crippen LogP contribution in [0.5, 0.6) is 5.75 Å². The summed E-state index contributed by atoms with van der Waals surface area (Å²) in [5, 5.41) is 8.25. The number of carbonyl (C=O) groups is 1. The van der Waals surface area contributed by atoms with E-state index in [-0.39, 0.29) is 0 Å². The molecule has 0 saturated carbocycles. The SMILES string of the molecule is C=Cc1ccc(OC(=O)O)cc1. The fourth-order valence-corrected chi connectivity index (χ4v) is 0.773. The molecule has 0 fully saturated rings. The summed E-state index contributed by atoms with van der Waals surface area (Å²) in [5.74, 6) is 0.313. The number of ether oxygens (including phenoxy) is 1. The maximum atomic E-state index is 10.1. The van der Waals surface area contributed by atoms with Crippen molar-refractivity contribution in [2.75, 3.05) is 0 Å². The molecule has 1 aromatic carbocycles. The van der Waals surface area contributed by atoms with E-state index in [1.54, 1.807) is 30.3 Å². The molecule has 0 spiro atoms. The number of hydrogen-bond donors (Lipinski definition) is 1. The molecule has 0 radical (unpaired) electrons. The maximum absolute atomic E-state index is 10.1. The normalized spacial score (nSPS) is 9.00. The first-order chi connectivity index (χ1) is 5.72. The zero-order valence-corrected chi connectivity index (χ0v) is 6.36. The molecular weight excluding hydrogens is 156 g/mol. The molecule has 0 unspecified atom stereocenters. The highest BCUT2D eigenvalue weighted by Crippen LogP contribution is 2.12. The molecule has 0 aliphatic carbocycles. The molecule has 0 aliphatic rings. The van der Waals surface area contributed by atoms with Crippen molar-refractivity contribution in [2.45, 2.75) is 0 Å². The Hall–Kier alpha value is -1.77. The van der Waals surface area contributed by atoms with Crippen molar-refractivity contribution in [1.82, 2.24) is 0 Å². The Labute approximate surface area is 69.9 Å². The molecule has 0 aliphatic heterocycles. The van der Waals surface area contributed by atoms with Crippen LogP contribution < -0.4 is 4.74 Å². The third kappa shape index (κ3) is 2.12. The van der Waals surface area contributed by atoms with Crippen LogP contribution in [0.15, 0.2) is 30.8 Å². The van der Waals surface area contributed by atoms with Gasteiger partial charge < -0.3 is 9.84 Å². The number of hydrogen-bond acceptors (Lipinski definition) is 2. The third-order valence-corrected chi connectivity index (χ3v) is 1.32. The molecule has 1 aromatic rings. The lowest BCUT2D eigenvalue weighted by molar-refractivity contribution is 0.144. The molecule has 0 bridgehead atoms. The summed E-state index contributed by atoms with van der Waals surface area (Å²) < 4.78 is 4.40. The molecule has 0 heterocycles. The Bertz CT molecular complexity index is 287. The van der Waals surface area contributed by atoms with Crippen molar-refractivity contribution in [3.8, 4) is 5.75 Å². The van der Waals surface area contributed by atoms with Gasteiger partial charge in [-0.15, -0.1) is 0 Å². The third-order valence-electron chi connectivity index (χ3n) is 1.32. The maximum Gasteiger partial charge on any atom is 0.511 e. The second-order valence-corrected chi connectivity index (χ2v) is 2.14. The van der Waals surface area contributed by atoms with Crippen molar-refractivity contribution < 1.29 is 14.6 Å². The topological polar surface area (TPSA) is 46.5 Å². The van der Waals surface area contributed by atoms with Crippen LogP contribution in [0, 0.1) is 0 Å². The van der Waals surface area contributed by atoms with E-state index in [1.807, 2.05) is 0 Å². The van der Waals surface area contributed by atoms with E-state index in [2.05, 4.69) is 11.3 Å². The smallest absolute Gasteiger partial charge is 0.449 e. The van der Waals surface area contributed by atoms with E-state index < -0.39 is 6.16 Å². The van der Waals surface area contributed by atoms with Gasteiger partial charge in [-0.05, 0) is 17.7 Å². The Morgan fingerprint density at radius 2 is 2.00 bits per heavy atom. The molecular formula is C9H8O3. The minimum Gasteiger partial charge on any atom is -0.449 e. The van der Waals surface area contributed by atoms with Gasteiger partial charge in [-0.25, -0.2) is 4.79 Å². The lowest BCUT2D eigenvalue weighted by atomic mass is 10.2. The van der Waals surface area contributed by atoms with E-state index in [1.165, 1.54) is 0 Å². The van der Waals surface area contributed by atoms with E-state index in [0.717, 1.165) is 5.56 Å². The fourth-order valence-electron chi connectivity index (χ4n) is 0.773. The second kappa shape index (κ2) is 3.57. The minimum absolute atomic E-state index is 0.313. The summed E-state index contributed by atoms with van der Waals surface area (Å²) in [6.45, 7) is 3.56. The van der Waals surface area contributed by atoms with Gasteiger partial charge in [0.25, 0.3) is 0 Å². The van der Waals surface area contributed by atoms with E-state index in [0.29, 0.717) is 5.75 Å². The molecule has 12 heavy (non-hydrogen) atoms. The van der Waals surface area contributed by atoms with Crippen LogP contribution in [0.1, 0.15) is 5.56 Å². The summed E-state index contributed by atoms with van der Waals surface area (Å²) in [6, 6.07) is 6.60. The van der Waals surface area contributed by atoms with Gasteiger partial charge in [-0.2, -0.15) is 0 Å². The molecule has 0 amide bonds. The zero-order chi connectivity index (χ0) is 8.97. The Balaban J connectivity index is 2.77. The largest absolute Gasteiger partial charge is 0.511 e. The standard InChI is InChI=1S/C9H8O3/c1-2-7-3-5-8(6-4-7)12-9(10)11/h2-6H,1H2,(H,10,11). The predicted molar refractivity (Wildman–Crippen MR) is 45.2 cm³/mol. The van der Waals surface area contributed by atoms with E-state index in [4.69, 9.17) is 5.11 Å². The van der Waals surface area contributed by atoms with Crippen LogP contribution in [0.2, 0.25) is 0 Å². The molecule has 3 nitrogen and oxygen atoms in total. The molecule has 1 rings (SSSR count). The van der Waals surface area contributed by atoms with Gasteiger partial charge in [-0.3, -0.25) is 0 Å². The Morgan fingerprint density at radius 1 is 1.42 bits per heavy atom. The number of benzene rings is 1. The van der Waals surface area contributed by atoms with Crippen LogP contribution >= 0.6 is 0 Å². The van der Waals surface area contributed by atoms with E-state index in [9.17, 15) is 4.79 Å². The highest BCUT2D eigenvalue weighted by Gasteiger charge is 1.98. The van der Waals surface area contributed by atoms with Gasteiger partial charge in [0.05, 0.1) is 0 Å². The molecule has 1 N–H and O–H groups in total. The van der Waals surface area contributed by atoms with Gasteiger partial charge in [0.15, 0.2) is 0 Å². The van der Waals surface area contributed by atoms with Crippen molar-refractivity contribution in [1.29, 1.82) is 0 Å². The highest BCUT2D eigenvalue weighted by atomic mass is 16.7. The number of carboxylic acid groups (broad SMARTS) is 1. The summed E-state index contributed by atoms with van der Waals surface area (Å²) >= 11 is 0. The molecule has 0 aromatic heterocycles. The average Bonchev–Trinajstić information content (AvgIpc) is 2.05.